The maximum atomic E-state index is 8.58. The molecule has 0 aromatic heterocycles. The van der Waals surface area contributed by atoms with Crippen molar-refractivity contribution in [2.75, 3.05) is 0 Å². The molecule has 0 aliphatic heterocycles. The second-order valence-corrected chi connectivity index (χ2v) is 5.64. The van der Waals surface area contributed by atoms with Gasteiger partial charge in [0.2, 0.25) is 0 Å². The Bertz CT molecular complexity index is 349. The molecule has 1 aliphatic rings. The van der Waals surface area contributed by atoms with Crippen molar-refractivity contribution in [1.29, 1.82) is 5.26 Å². The van der Waals surface area contributed by atoms with E-state index in [1.165, 1.54) is 18.9 Å². The van der Waals surface area contributed by atoms with E-state index in [0.29, 0.717) is 17.9 Å². The lowest BCUT2D eigenvalue weighted by Gasteiger charge is -2.37. The van der Waals surface area contributed by atoms with Crippen molar-refractivity contribution >= 4 is 0 Å². The molecule has 0 radical (unpaired) electrons. The molecule has 1 fully saturated rings. The maximum Gasteiger partial charge on any atom is 0.116 e. The van der Waals surface area contributed by atoms with Crippen LogP contribution in [0.25, 0.3) is 0 Å². The van der Waals surface area contributed by atoms with Gasteiger partial charge in [-0.15, -0.1) is 0 Å². The molecule has 100 valence electrons. The first-order valence-corrected chi connectivity index (χ1v) is 6.97. The Morgan fingerprint density at radius 1 is 1.39 bits per heavy atom. The van der Waals surface area contributed by atoms with Crippen LogP contribution in [0.5, 0.6) is 0 Å². The Hall–Kier alpha value is -1.23. The van der Waals surface area contributed by atoms with Gasteiger partial charge < -0.3 is 4.74 Å². The lowest BCUT2D eigenvalue weighted by atomic mass is 9.75. The van der Waals surface area contributed by atoms with Gasteiger partial charge in [-0.05, 0) is 49.7 Å². The predicted molar refractivity (Wildman–Crippen MR) is 74.7 cm³/mol. The molecule has 1 rings (SSSR count). The van der Waals surface area contributed by atoms with Gasteiger partial charge in [0.15, 0.2) is 0 Å². The Balaban J connectivity index is 2.71. The quantitative estimate of drug-likeness (QED) is 0.418. The third-order valence-corrected chi connectivity index (χ3v) is 3.86. The van der Waals surface area contributed by atoms with Crippen molar-refractivity contribution in [3.05, 3.63) is 24.0 Å². The van der Waals surface area contributed by atoms with Gasteiger partial charge in [0, 0.05) is 6.08 Å². The van der Waals surface area contributed by atoms with Gasteiger partial charge >= 0.3 is 0 Å². The highest BCUT2D eigenvalue weighted by atomic mass is 16.5. The normalized spacial score (nSPS) is 29.6. The Kier molecular flexibility index (Phi) is 5.98. The molecule has 0 saturated heterocycles. The highest BCUT2D eigenvalue weighted by Gasteiger charge is 2.32. The van der Waals surface area contributed by atoms with Crippen LogP contribution in [0.4, 0.5) is 0 Å². The lowest BCUT2D eigenvalue weighted by Crippen LogP contribution is -2.34. The fourth-order valence-electron chi connectivity index (χ4n) is 2.75. The van der Waals surface area contributed by atoms with Crippen molar-refractivity contribution in [2.45, 2.75) is 53.1 Å². The predicted octanol–water partition coefficient (Wildman–Crippen LogP) is 4.45. The molecule has 1 aliphatic carbocycles. The third-order valence-electron chi connectivity index (χ3n) is 3.86. The fourth-order valence-corrected chi connectivity index (χ4v) is 2.75. The van der Waals surface area contributed by atoms with Crippen LogP contribution in [0.15, 0.2) is 24.0 Å². The SMILES string of the molecule is C/C=C(/C=C/C#N)O[C@@H]1C[C@H](C)CC[C@H]1C(C)C. The van der Waals surface area contributed by atoms with Gasteiger partial charge in [0.1, 0.15) is 11.9 Å². The van der Waals surface area contributed by atoms with Crippen molar-refractivity contribution in [3.8, 4) is 6.07 Å². The van der Waals surface area contributed by atoms with Gasteiger partial charge in [-0.1, -0.05) is 27.2 Å². The summed E-state index contributed by atoms with van der Waals surface area (Å²) < 4.78 is 6.11. The molecule has 18 heavy (non-hydrogen) atoms. The first kappa shape index (κ1) is 14.8. The Morgan fingerprint density at radius 3 is 2.67 bits per heavy atom. The molecule has 2 heteroatoms. The second-order valence-electron chi connectivity index (χ2n) is 5.64. The fraction of sp³-hybridized carbons (Fsp3) is 0.688. The molecular formula is C16H25NO. The van der Waals surface area contributed by atoms with Crippen molar-refractivity contribution in [3.63, 3.8) is 0 Å². The zero-order valence-electron chi connectivity index (χ0n) is 12.0. The summed E-state index contributed by atoms with van der Waals surface area (Å²) in [5.41, 5.74) is 0. The van der Waals surface area contributed by atoms with E-state index >= 15 is 0 Å². The molecule has 0 bridgehead atoms. The molecular weight excluding hydrogens is 222 g/mol. The average Bonchev–Trinajstić information content (AvgIpc) is 2.34. The minimum atomic E-state index is 0.295. The van der Waals surface area contributed by atoms with E-state index in [4.69, 9.17) is 10.00 Å². The molecule has 0 aromatic carbocycles. The van der Waals surface area contributed by atoms with Gasteiger partial charge in [-0.25, -0.2) is 0 Å². The number of rotatable bonds is 4. The summed E-state index contributed by atoms with van der Waals surface area (Å²) in [6.07, 6.45) is 9.15. The van der Waals surface area contributed by atoms with E-state index in [-0.39, 0.29) is 0 Å². The van der Waals surface area contributed by atoms with E-state index in [0.717, 1.165) is 18.1 Å². The van der Waals surface area contributed by atoms with Crippen molar-refractivity contribution < 1.29 is 4.74 Å². The minimum absolute atomic E-state index is 0.295. The average molecular weight is 247 g/mol. The van der Waals surface area contributed by atoms with E-state index in [2.05, 4.69) is 20.8 Å². The van der Waals surface area contributed by atoms with E-state index in [9.17, 15) is 0 Å². The summed E-state index contributed by atoms with van der Waals surface area (Å²) in [6.45, 7) is 8.80. The monoisotopic (exact) mass is 247 g/mol. The number of ether oxygens (including phenoxy) is 1. The first-order valence-electron chi connectivity index (χ1n) is 6.97. The number of nitriles is 1. The number of hydrogen-bond acceptors (Lipinski definition) is 2. The van der Waals surface area contributed by atoms with Gasteiger partial charge in [0.25, 0.3) is 0 Å². The van der Waals surface area contributed by atoms with Gasteiger partial charge in [-0.2, -0.15) is 5.26 Å². The summed E-state index contributed by atoms with van der Waals surface area (Å²) in [7, 11) is 0. The Morgan fingerprint density at radius 2 is 2.11 bits per heavy atom. The van der Waals surface area contributed by atoms with E-state index in [1.807, 2.05) is 19.1 Å². The van der Waals surface area contributed by atoms with Crippen molar-refractivity contribution in [1.82, 2.24) is 0 Å². The number of hydrogen-bond donors (Lipinski definition) is 0. The van der Waals surface area contributed by atoms with Crippen LogP contribution in [-0.2, 0) is 4.74 Å². The molecule has 2 nitrogen and oxygen atoms in total. The second kappa shape index (κ2) is 7.26. The van der Waals surface area contributed by atoms with Crippen LogP contribution < -0.4 is 0 Å². The van der Waals surface area contributed by atoms with Crippen molar-refractivity contribution in [2.24, 2.45) is 17.8 Å². The van der Waals surface area contributed by atoms with Crippen LogP contribution in [0.2, 0.25) is 0 Å². The zero-order valence-corrected chi connectivity index (χ0v) is 12.0. The summed E-state index contributed by atoms with van der Waals surface area (Å²) in [4.78, 5) is 0. The van der Waals surface area contributed by atoms with Crippen LogP contribution in [-0.4, -0.2) is 6.10 Å². The van der Waals surface area contributed by atoms with E-state index < -0.39 is 0 Å². The molecule has 0 amide bonds. The molecule has 0 heterocycles. The minimum Gasteiger partial charge on any atom is -0.490 e. The highest BCUT2D eigenvalue weighted by Crippen LogP contribution is 2.36. The third kappa shape index (κ3) is 4.22. The molecule has 3 atom stereocenters. The first-order chi connectivity index (χ1) is 8.58. The maximum absolute atomic E-state index is 8.58. The summed E-state index contributed by atoms with van der Waals surface area (Å²) >= 11 is 0. The van der Waals surface area contributed by atoms with Crippen LogP contribution in [0.1, 0.15) is 47.0 Å². The summed E-state index contributed by atoms with van der Waals surface area (Å²) in [5, 5.41) is 8.58. The van der Waals surface area contributed by atoms with Crippen LogP contribution >= 0.6 is 0 Å². The molecule has 0 spiro atoms. The van der Waals surface area contributed by atoms with Gasteiger partial charge in [-0.3, -0.25) is 0 Å². The Labute approximate surface area is 111 Å². The lowest BCUT2D eigenvalue weighted by molar-refractivity contribution is 0.00332. The molecule has 0 unspecified atom stereocenters. The van der Waals surface area contributed by atoms with Gasteiger partial charge in [0.05, 0.1) is 6.07 Å². The molecule has 0 N–H and O–H groups in total. The molecule has 1 saturated carbocycles. The highest BCUT2D eigenvalue weighted by molar-refractivity contribution is 5.17. The largest absolute Gasteiger partial charge is 0.490 e. The van der Waals surface area contributed by atoms with E-state index in [1.54, 1.807) is 6.08 Å². The summed E-state index contributed by atoms with van der Waals surface area (Å²) in [6, 6.07) is 2.01. The topological polar surface area (TPSA) is 33.0 Å². The number of allylic oxidation sites excluding steroid dienone is 3. The smallest absolute Gasteiger partial charge is 0.116 e. The zero-order chi connectivity index (χ0) is 13.5. The standard InChI is InChI=1S/C16H25NO/c1-5-14(7-6-10-17)18-16-11-13(4)8-9-15(16)12(2)3/h5-7,12-13,15-16H,8-9,11H2,1-4H3/b7-6+,14-5-/t13-,15+,16-/m1/s1. The van der Waals surface area contributed by atoms with Crippen LogP contribution in [0, 0.1) is 29.1 Å². The molecule has 0 aromatic rings. The summed E-state index contributed by atoms with van der Waals surface area (Å²) in [5.74, 6) is 2.84. The van der Waals surface area contributed by atoms with Crippen LogP contribution in [0.3, 0.4) is 0 Å². The number of nitrogens with zero attached hydrogens (tertiary/aromatic N) is 1.